The Bertz CT molecular complexity index is 250. The summed E-state index contributed by atoms with van der Waals surface area (Å²) in [4.78, 5) is 24.8. The minimum atomic E-state index is -0.457. The van der Waals surface area contributed by atoms with Crippen molar-refractivity contribution in [3.05, 3.63) is 0 Å². The molecule has 1 rings (SSSR count). The highest BCUT2D eigenvalue weighted by Crippen LogP contribution is 2.08. The Morgan fingerprint density at radius 2 is 2.00 bits per heavy atom. The van der Waals surface area contributed by atoms with E-state index in [1.165, 1.54) is 0 Å². The molecule has 1 heterocycles. The molecule has 0 saturated carbocycles. The van der Waals surface area contributed by atoms with Crippen LogP contribution in [0.2, 0.25) is 0 Å². The third-order valence-electron chi connectivity index (χ3n) is 2.87. The van der Waals surface area contributed by atoms with Crippen LogP contribution >= 0.6 is 0 Å². The first-order chi connectivity index (χ1) is 7.65. The smallest absolute Gasteiger partial charge is 0.236 e. The van der Waals surface area contributed by atoms with E-state index in [1.807, 2.05) is 11.8 Å². The summed E-state index contributed by atoms with van der Waals surface area (Å²) in [5, 5.41) is 2.68. The largest absolute Gasteiger partial charge is 0.354 e. The summed E-state index contributed by atoms with van der Waals surface area (Å²) < 4.78 is 0. The van der Waals surface area contributed by atoms with Crippen molar-refractivity contribution in [1.29, 1.82) is 0 Å². The van der Waals surface area contributed by atoms with Crippen LogP contribution in [0, 0.1) is 0 Å². The van der Waals surface area contributed by atoms with Crippen molar-refractivity contribution in [3.8, 4) is 0 Å². The number of carbonyl (C=O) groups is 2. The topological polar surface area (TPSA) is 75.4 Å². The van der Waals surface area contributed by atoms with E-state index < -0.39 is 6.04 Å². The molecule has 1 aliphatic rings. The first-order valence-electron chi connectivity index (χ1n) is 5.96. The van der Waals surface area contributed by atoms with Crippen LogP contribution in [0.4, 0.5) is 0 Å². The first-order valence-corrected chi connectivity index (χ1v) is 5.96. The molecule has 2 amide bonds. The molecule has 5 heteroatoms. The van der Waals surface area contributed by atoms with Gasteiger partial charge in [0.2, 0.25) is 11.8 Å². The summed E-state index contributed by atoms with van der Waals surface area (Å²) in [6, 6.07) is -0.457. The molecular formula is C11H21N3O2. The van der Waals surface area contributed by atoms with Gasteiger partial charge in [-0.3, -0.25) is 9.59 Å². The summed E-state index contributed by atoms with van der Waals surface area (Å²) in [5.74, 6) is -0.0420. The van der Waals surface area contributed by atoms with E-state index >= 15 is 0 Å². The normalized spacial score (nSPS) is 17.2. The average molecular weight is 227 g/mol. The van der Waals surface area contributed by atoms with Crippen LogP contribution in [0.3, 0.4) is 0 Å². The Labute approximate surface area is 96.4 Å². The molecule has 16 heavy (non-hydrogen) atoms. The number of nitrogens with two attached hydrogens (primary N) is 1. The molecule has 92 valence electrons. The van der Waals surface area contributed by atoms with Crippen LogP contribution in [0.15, 0.2) is 0 Å². The fraction of sp³-hybridized carbons (Fsp3) is 0.818. The number of rotatable bonds is 5. The molecule has 3 N–H and O–H groups in total. The van der Waals surface area contributed by atoms with E-state index in [-0.39, 0.29) is 11.8 Å². The molecule has 0 radical (unpaired) electrons. The highest BCUT2D eigenvalue weighted by molar-refractivity contribution is 5.82. The Kier molecular flexibility index (Phi) is 5.25. The predicted molar refractivity (Wildman–Crippen MR) is 61.7 cm³/mol. The molecule has 0 aromatic carbocycles. The Hall–Kier alpha value is -1.10. The highest BCUT2D eigenvalue weighted by atomic mass is 16.2. The summed E-state index contributed by atoms with van der Waals surface area (Å²) in [5.41, 5.74) is 5.55. The molecule has 0 aromatic heterocycles. The zero-order valence-electron chi connectivity index (χ0n) is 9.87. The van der Waals surface area contributed by atoms with Gasteiger partial charge in [-0.05, 0) is 19.3 Å². The van der Waals surface area contributed by atoms with Gasteiger partial charge in [-0.1, -0.05) is 6.92 Å². The molecule has 5 nitrogen and oxygen atoms in total. The number of nitrogens with one attached hydrogen (secondary N) is 1. The van der Waals surface area contributed by atoms with Gasteiger partial charge in [0.15, 0.2) is 0 Å². The van der Waals surface area contributed by atoms with Gasteiger partial charge in [-0.2, -0.15) is 0 Å². The lowest BCUT2D eigenvalue weighted by atomic mass is 10.2. The summed E-state index contributed by atoms with van der Waals surface area (Å²) >= 11 is 0. The molecule has 0 spiro atoms. The average Bonchev–Trinajstić information content (AvgIpc) is 2.81. The van der Waals surface area contributed by atoms with Crippen LogP contribution in [0.25, 0.3) is 0 Å². The molecule has 1 atom stereocenters. The van der Waals surface area contributed by atoms with Crippen molar-refractivity contribution in [2.45, 2.75) is 38.6 Å². The number of likely N-dealkylation sites (tertiary alicyclic amines) is 1. The van der Waals surface area contributed by atoms with Crippen molar-refractivity contribution in [2.75, 3.05) is 19.6 Å². The van der Waals surface area contributed by atoms with E-state index in [1.54, 1.807) is 0 Å². The number of carbonyl (C=O) groups excluding carboxylic acids is 2. The van der Waals surface area contributed by atoms with E-state index in [2.05, 4.69) is 5.32 Å². The maximum atomic E-state index is 11.6. The highest BCUT2D eigenvalue weighted by Gasteiger charge is 2.17. The minimum Gasteiger partial charge on any atom is -0.354 e. The number of amides is 2. The van der Waals surface area contributed by atoms with Crippen molar-refractivity contribution in [2.24, 2.45) is 5.73 Å². The van der Waals surface area contributed by atoms with Crippen LogP contribution in [-0.2, 0) is 9.59 Å². The van der Waals surface area contributed by atoms with Gasteiger partial charge in [-0.25, -0.2) is 0 Å². The zero-order chi connectivity index (χ0) is 12.0. The Morgan fingerprint density at radius 1 is 1.38 bits per heavy atom. The lowest BCUT2D eigenvalue weighted by Gasteiger charge is -2.15. The predicted octanol–water partition coefficient (Wildman–Crippen LogP) is -0.148. The van der Waals surface area contributed by atoms with Crippen molar-refractivity contribution in [1.82, 2.24) is 10.2 Å². The van der Waals surface area contributed by atoms with Gasteiger partial charge in [0.25, 0.3) is 0 Å². The number of hydrogen-bond donors (Lipinski definition) is 2. The SMILES string of the molecule is CC[C@@H](N)C(=O)NCCC(=O)N1CCCC1. The second kappa shape index (κ2) is 6.48. The molecule has 0 aromatic rings. The zero-order valence-corrected chi connectivity index (χ0v) is 9.87. The van der Waals surface area contributed by atoms with Crippen molar-refractivity contribution >= 4 is 11.8 Å². The second-order valence-corrected chi connectivity index (χ2v) is 4.14. The van der Waals surface area contributed by atoms with Crippen molar-refractivity contribution in [3.63, 3.8) is 0 Å². The fourth-order valence-corrected chi connectivity index (χ4v) is 1.73. The second-order valence-electron chi connectivity index (χ2n) is 4.14. The lowest BCUT2D eigenvalue weighted by molar-refractivity contribution is -0.130. The van der Waals surface area contributed by atoms with Crippen LogP contribution in [0.1, 0.15) is 32.6 Å². The van der Waals surface area contributed by atoms with Gasteiger partial charge < -0.3 is 16.0 Å². The van der Waals surface area contributed by atoms with Gasteiger partial charge in [0.05, 0.1) is 6.04 Å². The summed E-state index contributed by atoms with van der Waals surface area (Å²) in [7, 11) is 0. The molecule has 1 fully saturated rings. The van der Waals surface area contributed by atoms with E-state index in [4.69, 9.17) is 5.73 Å². The third kappa shape index (κ3) is 3.81. The molecule has 0 unspecified atom stereocenters. The van der Waals surface area contributed by atoms with Gasteiger partial charge in [-0.15, -0.1) is 0 Å². The molecule has 0 aliphatic carbocycles. The van der Waals surface area contributed by atoms with E-state index in [9.17, 15) is 9.59 Å². The summed E-state index contributed by atoms with van der Waals surface area (Å²) in [6.07, 6.45) is 3.19. The first kappa shape index (κ1) is 13.0. The van der Waals surface area contributed by atoms with E-state index in [0.717, 1.165) is 25.9 Å². The lowest BCUT2D eigenvalue weighted by Crippen LogP contribution is -2.41. The van der Waals surface area contributed by atoms with Crippen LogP contribution < -0.4 is 11.1 Å². The third-order valence-corrected chi connectivity index (χ3v) is 2.87. The van der Waals surface area contributed by atoms with Crippen molar-refractivity contribution < 1.29 is 9.59 Å². The van der Waals surface area contributed by atoms with Crippen LogP contribution in [-0.4, -0.2) is 42.4 Å². The van der Waals surface area contributed by atoms with Gasteiger partial charge >= 0.3 is 0 Å². The van der Waals surface area contributed by atoms with Gasteiger partial charge in [0.1, 0.15) is 0 Å². The molecule has 1 saturated heterocycles. The standard InChI is InChI=1S/C11H21N3O2/c1-2-9(12)11(16)13-6-5-10(15)14-7-3-4-8-14/h9H,2-8,12H2,1H3,(H,13,16)/t9-/m1/s1. The fourth-order valence-electron chi connectivity index (χ4n) is 1.73. The number of hydrogen-bond acceptors (Lipinski definition) is 3. The number of nitrogens with zero attached hydrogens (tertiary/aromatic N) is 1. The molecule has 0 bridgehead atoms. The quantitative estimate of drug-likeness (QED) is 0.686. The molecular weight excluding hydrogens is 206 g/mol. The van der Waals surface area contributed by atoms with Gasteiger partial charge in [0, 0.05) is 26.1 Å². The minimum absolute atomic E-state index is 0.128. The van der Waals surface area contributed by atoms with E-state index in [0.29, 0.717) is 19.4 Å². The maximum absolute atomic E-state index is 11.6. The Morgan fingerprint density at radius 3 is 2.56 bits per heavy atom. The molecule has 1 aliphatic heterocycles. The Balaban J connectivity index is 2.14. The summed E-state index contributed by atoms with van der Waals surface area (Å²) in [6.45, 7) is 3.98. The van der Waals surface area contributed by atoms with Crippen LogP contribution in [0.5, 0.6) is 0 Å². The monoisotopic (exact) mass is 227 g/mol. The maximum Gasteiger partial charge on any atom is 0.236 e.